The van der Waals surface area contributed by atoms with Gasteiger partial charge in [-0.25, -0.2) is 17.2 Å². The molecule has 0 amide bonds. The molecule has 2 unspecified atom stereocenters. The van der Waals surface area contributed by atoms with Crippen LogP contribution in [0.25, 0.3) is 0 Å². The summed E-state index contributed by atoms with van der Waals surface area (Å²) in [6.45, 7) is -0.110. The van der Waals surface area contributed by atoms with Crippen LogP contribution in [-0.2, 0) is 15.8 Å². The molecule has 2 atom stereocenters. The number of halogens is 2. The maximum absolute atomic E-state index is 13.5. The summed E-state index contributed by atoms with van der Waals surface area (Å²) in [7, 11) is -3.81. The fourth-order valence-corrected chi connectivity index (χ4v) is 5.47. The van der Waals surface area contributed by atoms with Gasteiger partial charge in [-0.1, -0.05) is 6.07 Å². The molecule has 25 heavy (non-hydrogen) atoms. The summed E-state index contributed by atoms with van der Waals surface area (Å²) < 4.78 is 53.3. The zero-order valence-corrected chi connectivity index (χ0v) is 14.5. The van der Waals surface area contributed by atoms with Crippen LogP contribution < -0.4 is 0 Å². The van der Waals surface area contributed by atoms with E-state index in [1.54, 1.807) is 5.38 Å². The van der Waals surface area contributed by atoms with Gasteiger partial charge in [-0.3, -0.25) is 0 Å². The van der Waals surface area contributed by atoms with E-state index in [0.717, 1.165) is 27.8 Å². The van der Waals surface area contributed by atoms with Gasteiger partial charge in [0.25, 0.3) is 0 Å². The number of nitrogens with zero attached hydrogens (tertiary/aromatic N) is 2. The molecule has 3 rings (SSSR count). The number of thiophene rings is 1. The van der Waals surface area contributed by atoms with Gasteiger partial charge in [-0.05, 0) is 41.1 Å². The Labute approximate surface area is 147 Å². The molecule has 1 fully saturated rings. The van der Waals surface area contributed by atoms with E-state index in [9.17, 15) is 22.3 Å². The van der Waals surface area contributed by atoms with Crippen LogP contribution in [0.5, 0.6) is 0 Å². The van der Waals surface area contributed by atoms with Crippen LogP contribution in [0.15, 0.2) is 29.6 Å². The van der Waals surface area contributed by atoms with Crippen molar-refractivity contribution in [3.8, 4) is 6.07 Å². The van der Waals surface area contributed by atoms with Gasteiger partial charge < -0.3 is 5.11 Å². The Morgan fingerprint density at radius 3 is 2.72 bits per heavy atom. The normalized spacial score (nSPS) is 21.4. The van der Waals surface area contributed by atoms with Crippen LogP contribution in [-0.4, -0.2) is 30.5 Å². The molecule has 5 nitrogen and oxygen atoms in total. The Morgan fingerprint density at radius 2 is 2.08 bits per heavy atom. The van der Waals surface area contributed by atoms with Crippen LogP contribution in [0.2, 0.25) is 0 Å². The molecule has 1 saturated heterocycles. The third-order valence-corrected chi connectivity index (χ3v) is 6.73. The molecule has 1 aliphatic heterocycles. The largest absolute Gasteiger partial charge is 0.392 e. The van der Waals surface area contributed by atoms with Gasteiger partial charge >= 0.3 is 0 Å². The quantitative estimate of drug-likeness (QED) is 0.878. The summed E-state index contributed by atoms with van der Waals surface area (Å²) in [5.41, 5.74) is 0.772. The molecule has 2 aromatic rings. The van der Waals surface area contributed by atoms with E-state index >= 15 is 0 Å². The van der Waals surface area contributed by atoms with E-state index < -0.39 is 33.8 Å². The van der Waals surface area contributed by atoms with Crippen molar-refractivity contribution in [2.75, 3.05) is 6.54 Å². The molecule has 0 radical (unpaired) electrons. The predicted octanol–water partition coefficient (Wildman–Crippen LogP) is 2.54. The highest BCUT2D eigenvalue weighted by Crippen LogP contribution is 2.36. The number of β-amino-alcohol motifs (C(OH)–C–C–N with tert-alkyl or cyclic N) is 1. The van der Waals surface area contributed by atoms with E-state index in [0.29, 0.717) is 16.0 Å². The van der Waals surface area contributed by atoms with Gasteiger partial charge in [0.05, 0.1) is 17.9 Å². The Balaban J connectivity index is 1.89. The van der Waals surface area contributed by atoms with Crippen molar-refractivity contribution in [3.63, 3.8) is 0 Å². The van der Waals surface area contributed by atoms with Gasteiger partial charge in [0.15, 0.2) is 11.6 Å². The molecule has 1 aromatic heterocycles. The minimum atomic E-state index is -3.81. The van der Waals surface area contributed by atoms with Gasteiger partial charge in [0.2, 0.25) is 10.0 Å². The lowest BCUT2D eigenvalue weighted by atomic mass is 10.0. The topological polar surface area (TPSA) is 81.4 Å². The number of hydrogen-bond acceptors (Lipinski definition) is 5. The molecule has 0 bridgehead atoms. The molecular formula is C16H14F2N2O3S2. The molecule has 9 heteroatoms. The number of aliphatic hydroxyl groups is 1. The van der Waals surface area contributed by atoms with Crippen molar-refractivity contribution < 1.29 is 22.3 Å². The number of benzene rings is 1. The van der Waals surface area contributed by atoms with Crippen molar-refractivity contribution in [3.05, 3.63) is 57.3 Å². The zero-order valence-electron chi connectivity index (χ0n) is 12.9. The average molecular weight is 384 g/mol. The Morgan fingerprint density at radius 1 is 1.32 bits per heavy atom. The maximum Gasteiger partial charge on any atom is 0.218 e. The van der Waals surface area contributed by atoms with Crippen LogP contribution in [0, 0.1) is 23.0 Å². The van der Waals surface area contributed by atoms with Crippen molar-refractivity contribution in [2.24, 2.45) is 0 Å². The smallest absolute Gasteiger partial charge is 0.218 e. The Hall–Kier alpha value is -1.86. The van der Waals surface area contributed by atoms with Gasteiger partial charge in [-0.2, -0.15) is 9.57 Å². The molecular weight excluding hydrogens is 370 g/mol. The monoisotopic (exact) mass is 384 g/mol. The molecule has 132 valence electrons. The second-order valence-electron chi connectivity index (χ2n) is 5.84. The minimum Gasteiger partial charge on any atom is -0.392 e. The van der Waals surface area contributed by atoms with Crippen LogP contribution in [0.1, 0.15) is 28.5 Å². The predicted molar refractivity (Wildman–Crippen MR) is 88.1 cm³/mol. The molecule has 1 aliphatic rings. The molecule has 1 N–H and O–H groups in total. The number of aliphatic hydroxyl groups excluding tert-OH is 1. The standard InChI is InChI=1S/C16H14F2N2O3S2/c17-14-2-1-11(4-15(14)18)16-5-12(21)7-20(16)25(22,23)9-10-3-13(6-19)24-8-10/h1-4,8,12,16,21H,5,7,9H2. The van der Waals surface area contributed by atoms with Crippen LogP contribution in [0.3, 0.4) is 0 Å². The van der Waals surface area contributed by atoms with Gasteiger partial charge in [0, 0.05) is 6.54 Å². The average Bonchev–Trinajstić information content (AvgIpc) is 3.16. The van der Waals surface area contributed by atoms with E-state index in [2.05, 4.69) is 0 Å². The molecule has 0 aliphatic carbocycles. The molecule has 0 spiro atoms. The first kappa shape index (κ1) is 17.9. The van der Waals surface area contributed by atoms with Gasteiger partial charge in [0.1, 0.15) is 10.9 Å². The third-order valence-electron chi connectivity index (χ3n) is 4.03. The number of rotatable bonds is 4. The second-order valence-corrected chi connectivity index (χ2v) is 8.67. The van der Waals surface area contributed by atoms with Crippen LogP contribution in [0.4, 0.5) is 8.78 Å². The SMILES string of the molecule is N#Cc1cc(CS(=O)(=O)N2CC(O)CC2c2ccc(F)c(F)c2)cs1. The summed E-state index contributed by atoms with van der Waals surface area (Å²) in [4.78, 5) is 0.406. The van der Waals surface area contributed by atoms with Crippen molar-refractivity contribution in [1.29, 1.82) is 5.26 Å². The molecule has 0 saturated carbocycles. The fraction of sp³-hybridized carbons (Fsp3) is 0.312. The van der Waals surface area contributed by atoms with E-state index in [1.165, 1.54) is 12.1 Å². The zero-order chi connectivity index (χ0) is 18.2. The summed E-state index contributed by atoms with van der Waals surface area (Å²) in [5.74, 6) is -2.40. The number of sulfonamides is 1. The van der Waals surface area contributed by atoms with Gasteiger partial charge in [-0.15, -0.1) is 11.3 Å². The van der Waals surface area contributed by atoms with Crippen molar-refractivity contribution in [1.82, 2.24) is 4.31 Å². The number of hydrogen-bond donors (Lipinski definition) is 1. The third kappa shape index (κ3) is 3.72. The summed E-state index contributed by atoms with van der Waals surface area (Å²) in [6, 6.07) is 5.91. The lowest BCUT2D eigenvalue weighted by Crippen LogP contribution is -2.32. The maximum atomic E-state index is 13.5. The second kappa shape index (κ2) is 6.80. The van der Waals surface area contributed by atoms with E-state index in [4.69, 9.17) is 5.26 Å². The van der Waals surface area contributed by atoms with E-state index in [1.807, 2.05) is 6.07 Å². The fourth-order valence-electron chi connectivity index (χ4n) is 2.92. The van der Waals surface area contributed by atoms with Crippen LogP contribution >= 0.6 is 11.3 Å². The van der Waals surface area contributed by atoms with Crippen molar-refractivity contribution >= 4 is 21.4 Å². The first-order valence-corrected chi connectivity index (χ1v) is 9.89. The number of nitriles is 1. The Kier molecular flexibility index (Phi) is 4.88. The lowest BCUT2D eigenvalue weighted by molar-refractivity contribution is 0.188. The first-order valence-electron chi connectivity index (χ1n) is 7.40. The lowest BCUT2D eigenvalue weighted by Gasteiger charge is -2.24. The molecule has 2 heterocycles. The summed E-state index contributed by atoms with van der Waals surface area (Å²) >= 11 is 1.15. The highest BCUT2D eigenvalue weighted by atomic mass is 32.2. The summed E-state index contributed by atoms with van der Waals surface area (Å²) in [6.07, 6.45) is -0.776. The highest BCUT2D eigenvalue weighted by Gasteiger charge is 2.40. The van der Waals surface area contributed by atoms with E-state index in [-0.39, 0.29) is 18.7 Å². The highest BCUT2D eigenvalue weighted by molar-refractivity contribution is 7.88. The Bertz CT molecular complexity index is 937. The summed E-state index contributed by atoms with van der Waals surface area (Å²) in [5, 5.41) is 20.3. The van der Waals surface area contributed by atoms with Crippen molar-refractivity contribution in [2.45, 2.75) is 24.3 Å². The first-order chi connectivity index (χ1) is 11.8. The minimum absolute atomic E-state index is 0.109. The molecule has 1 aromatic carbocycles.